The number of rotatable bonds is 2. The third kappa shape index (κ3) is 12.8. The molecule has 6 aliphatic heterocycles. The Kier molecular flexibility index (Phi) is 17.2. The van der Waals surface area contributed by atoms with E-state index >= 15 is 19.2 Å². The zero-order chi connectivity index (χ0) is 67.5. The predicted octanol–water partition coefficient (Wildman–Crippen LogP) is 5.70. The molecule has 0 spiro atoms. The number of carbonyl (C=O) groups excluding carboxylic acids is 8. The Bertz CT molecular complexity index is 4350. The van der Waals surface area contributed by atoms with Crippen molar-refractivity contribution in [2.75, 3.05) is 7.05 Å². The Morgan fingerprint density at radius 3 is 1.61 bits per heavy atom. The summed E-state index contributed by atoms with van der Waals surface area (Å²) in [6, 6.07) is 6.10. The van der Waals surface area contributed by atoms with Crippen LogP contribution in [-0.2, 0) is 38.3 Å². The maximum atomic E-state index is 16.0. The maximum Gasteiger partial charge on any atom is 0.408 e. The molecule has 30 heteroatoms. The normalized spacial score (nSPS) is 21.9. The van der Waals surface area contributed by atoms with Gasteiger partial charge in [-0.1, -0.05) is 53.5 Å². The fourth-order valence-corrected chi connectivity index (χ4v) is 11.5. The minimum absolute atomic E-state index is 0.0911. The first-order valence-corrected chi connectivity index (χ1v) is 29.2. The summed E-state index contributed by atoms with van der Waals surface area (Å²) in [6.07, 6.45) is -5.41. The molecule has 94 heavy (non-hydrogen) atoms. The first-order valence-electron chi connectivity index (χ1n) is 28.5. The van der Waals surface area contributed by atoms with Crippen molar-refractivity contribution in [1.29, 1.82) is 0 Å². The number of hydrogen-bond donors (Lipinski definition) is 16. The summed E-state index contributed by atoms with van der Waals surface area (Å²) < 4.78 is 24.0. The Morgan fingerprint density at radius 2 is 1.01 bits per heavy atom. The van der Waals surface area contributed by atoms with E-state index in [1.54, 1.807) is 20.8 Å². The van der Waals surface area contributed by atoms with Crippen LogP contribution in [0, 0.1) is 0 Å². The highest BCUT2D eigenvalue weighted by Gasteiger charge is 2.43. The summed E-state index contributed by atoms with van der Waals surface area (Å²) in [4.78, 5) is 120. The van der Waals surface area contributed by atoms with Gasteiger partial charge in [-0.3, -0.25) is 33.6 Å². The number of phenolic OH excluding ortho intramolecular Hbond substituents is 6. The summed E-state index contributed by atoms with van der Waals surface area (Å²) in [7, 11) is 1.19. The zero-order valence-corrected chi connectivity index (χ0v) is 50.9. The van der Waals surface area contributed by atoms with E-state index in [2.05, 4.69) is 42.5 Å². The molecule has 7 aromatic rings. The molecule has 0 fully saturated rings. The standard InChI is InChI=1S/C64H56Cl2N8O20/c1-64(2,3)94-63(90)74-46-24-8-11-36(77)41(18-24)91-31-15-27(14-29(75)21-31)47-58(85)68-48-28-19-42(92-39-12-9-25(16-34(39)65)53(80)51(61(88)69-47)72-57(46)84)55(82)43(20-28)93-40-13-10-26(17-35(40)66)54(81)52-62(89)71-50(56(83)67-4)33-22-30(76)23-38(79)45(33)44-32(6-5-7-37(44)78)49(60(87)73-52)70-59(48)86/h5-23,46-54,75-82H,1-4H3,(H,67,83)(H,68,85)(H,69,88)(H,70,86)(H,71,89)(H,72,84)(H,73,87)(H,74,90). The van der Waals surface area contributed by atoms with E-state index in [0.29, 0.717) is 0 Å². The molecule has 9 atom stereocenters. The molecule has 6 heterocycles. The first kappa shape index (κ1) is 64.3. The highest BCUT2D eigenvalue weighted by molar-refractivity contribution is 6.32. The van der Waals surface area contributed by atoms with Crippen LogP contribution in [0.1, 0.15) is 102 Å². The molecule has 8 amide bonds. The molecule has 0 radical (unpaired) electrons. The average molecular weight is 1330 g/mol. The lowest BCUT2D eigenvalue weighted by Crippen LogP contribution is -2.56. The molecule has 28 nitrogen and oxygen atoms in total. The quantitative estimate of drug-likeness (QED) is 0.0986. The molecule has 9 unspecified atom stereocenters. The van der Waals surface area contributed by atoms with Crippen LogP contribution in [0.2, 0.25) is 10.0 Å². The van der Waals surface area contributed by atoms with Gasteiger partial charge in [0.15, 0.2) is 23.0 Å². The van der Waals surface area contributed by atoms with Gasteiger partial charge in [-0.05, 0) is 133 Å². The van der Waals surface area contributed by atoms with Gasteiger partial charge in [0.2, 0.25) is 47.1 Å². The second-order valence-electron chi connectivity index (χ2n) is 23.0. The van der Waals surface area contributed by atoms with Gasteiger partial charge in [-0.25, -0.2) is 4.79 Å². The number of benzene rings is 7. The van der Waals surface area contributed by atoms with Gasteiger partial charge >= 0.3 is 6.09 Å². The van der Waals surface area contributed by atoms with E-state index in [1.807, 2.05) is 0 Å². The van der Waals surface area contributed by atoms with Gasteiger partial charge in [0, 0.05) is 30.3 Å². The third-order valence-corrected chi connectivity index (χ3v) is 16.0. The smallest absolute Gasteiger partial charge is 0.408 e. The Hall–Kier alpha value is -11.2. The minimum atomic E-state index is -2.29. The van der Waals surface area contributed by atoms with Crippen LogP contribution in [0.5, 0.6) is 69.0 Å². The SMILES string of the molecule is CNC(=O)C1NC(=O)C2NC(=O)C(NC(=O)C3NC(=O)C4NC(=O)C(NC(=O)C(NC(=O)OC(C)(C)C)c5ccc(O)c(c5)Oc5cc(O)cc4c5)C(O)c4ccc(c(Cl)c4)Oc4cc3cc(c4O)Oc3ccc(cc3Cl)C2O)c2cccc(O)c2-c2c(O)cc(O)cc21. The van der Waals surface area contributed by atoms with Crippen LogP contribution in [0.25, 0.3) is 11.1 Å². The van der Waals surface area contributed by atoms with Gasteiger partial charge in [0.25, 0.3) is 0 Å². The van der Waals surface area contributed by atoms with Crippen molar-refractivity contribution in [2.24, 2.45) is 0 Å². The lowest BCUT2D eigenvalue weighted by molar-refractivity contribution is -0.137. The summed E-state index contributed by atoms with van der Waals surface area (Å²) in [5.41, 5.74) is -4.16. The van der Waals surface area contributed by atoms with Crippen molar-refractivity contribution in [3.8, 4) is 80.1 Å². The molecule has 0 aliphatic carbocycles. The van der Waals surface area contributed by atoms with E-state index in [0.717, 1.165) is 72.8 Å². The summed E-state index contributed by atoms with van der Waals surface area (Å²) in [5, 5.41) is 113. The topological polar surface area (TPSA) is 432 Å². The number of ether oxygens (including phenoxy) is 4. The number of hydrogen-bond acceptors (Lipinski definition) is 20. The first-order chi connectivity index (χ1) is 44.5. The van der Waals surface area contributed by atoms with Crippen LogP contribution < -0.4 is 56.7 Å². The minimum Gasteiger partial charge on any atom is -0.508 e. The van der Waals surface area contributed by atoms with Crippen molar-refractivity contribution in [3.05, 3.63) is 164 Å². The lowest BCUT2D eigenvalue weighted by Gasteiger charge is -2.31. The summed E-state index contributed by atoms with van der Waals surface area (Å²) in [6.45, 7) is 4.63. The molecule has 6 aliphatic rings. The molecule has 15 bridgehead atoms. The highest BCUT2D eigenvalue weighted by Crippen LogP contribution is 2.49. The van der Waals surface area contributed by atoms with Crippen LogP contribution in [-0.4, -0.2) is 113 Å². The third-order valence-electron chi connectivity index (χ3n) is 15.5. The van der Waals surface area contributed by atoms with E-state index < -0.39 is 187 Å². The Morgan fingerprint density at radius 1 is 0.489 bits per heavy atom. The fourth-order valence-electron chi connectivity index (χ4n) is 11.1. The number of alkyl carbamates (subject to hydrolysis) is 1. The van der Waals surface area contributed by atoms with Crippen molar-refractivity contribution in [2.45, 2.75) is 80.9 Å². The molecule has 16 N–H and O–H groups in total. The number of amides is 8. The predicted molar refractivity (Wildman–Crippen MR) is 328 cm³/mol. The van der Waals surface area contributed by atoms with Crippen molar-refractivity contribution >= 4 is 70.6 Å². The number of aliphatic hydroxyl groups excluding tert-OH is 2. The van der Waals surface area contributed by atoms with Crippen LogP contribution in [0.3, 0.4) is 0 Å². The molecule has 0 saturated heterocycles. The highest BCUT2D eigenvalue weighted by atomic mass is 35.5. The van der Waals surface area contributed by atoms with Crippen LogP contribution >= 0.6 is 23.2 Å². The van der Waals surface area contributed by atoms with Gasteiger partial charge < -0.3 is 102 Å². The molecule has 0 saturated carbocycles. The molecule has 7 aromatic carbocycles. The van der Waals surface area contributed by atoms with Crippen LogP contribution in [0.4, 0.5) is 4.79 Å². The molecule has 0 aromatic heterocycles. The fraction of sp³-hybridized carbons (Fsp3) is 0.219. The number of fused-ring (bicyclic) bond motifs is 13. The number of carbonyl (C=O) groups is 8. The van der Waals surface area contributed by atoms with Crippen LogP contribution in [0.15, 0.2) is 115 Å². The van der Waals surface area contributed by atoms with Gasteiger partial charge in [-0.15, -0.1) is 0 Å². The average Bonchev–Trinajstić information content (AvgIpc) is 1.17. The van der Waals surface area contributed by atoms with Gasteiger partial charge in [0.05, 0.1) is 10.0 Å². The lowest BCUT2D eigenvalue weighted by atomic mass is 9.87. The monoisotopic (exact) mass is 1330 g/mol. The van der Waals surface area contributed by atoms with E-state index in [4.69, 9.17) is 42.1 Å². The second-order valence-corrected chi connectivity index (χ2v) is 23.8. The number of phenols is 6. The summed E-state index contributed by atoms with van der Waals surface area (Å²) >= 11 is 13.8. The summed E-state index contributed by atoms with van der Waals surface area (Å²) in [5.74, 6) is -15.8. The second kappa shape index (κ2) is 25.1. The number of aromatic hydroxyl groups is 6. The number of likely N-dealkylation sites (N-methyl/N-ethyl adjacent to an activating group) is 1. The Balaban J connectivity index is 1.15. The van der Waals surface area contributed by atoms with E-state index in [9.17, 15) is 60.0 Å². The maximum absolute atomic E-state index is 16.0. The van der Waals surface area contributed by atoms with Crippen molar-refractivity contribution in [3.63, 3.8) is 0 Å². The molecular formula is C64H56Cl2N8O20. The van der Waals surface area contributed by atoms with E-state index in [-0.39, 0.29) is 49.5 Å². The van der Waals surface area contributed by atoms with Gasteiger partial charge in [0.1, 0.15) is 100 Å². The number of halogens is 2. The molecular weight excluding hydrogens is 1270 g/mol. The Labute approximate surface area is 541 Å². The zero-order valence-electron chi connectivity index (χ0n) is 49.4. The van der Waals surface area contributed by atoms with E-state index in [1.165, 1.54) is 49.5 Å². The number of nitrogens with one attached hydrogen (secondary N) is 8. The molecule has 13 rings (SSSR count). The number of aliphatic hydroxyl groups is 2. The van der Waals surface area contributed by atoms with Gasteiger partial charge in [-0.2, -0.15) is 0 Å². The van der Waals surface area contributed by atoms with Crippen molar-refractivity contribution in [1.82, 2.24) is 42.5 Å². The largest absolute Gasteiger partial charge is 0.508 e. The van der Waals surface area contributed by atoms with Crippen molar-refractivity contribution < 1.29 is 98.2 Å². The molecule has 486 valence electrons.